The van der Waals surface area contributed by atoms with Gasteiger partial charge in [-0.3, -0.25) is 14.3 Å². The second kappa shape index (κ2) is 11.5. The van der Waals surface area contributed by atoms with Gasteiger partial charge in [0.1, 0.15) is 5.75 Å². The van der Waals surface area contributed by atoms with Crippen molar-refractivity contribution >= 4 is 27.5 Å². The van der Waals surface area contributed by atoms with Crippen molar-refractivity contribution in [2.75, 3.05) is 24.9 Å². The number of nitrogens with zero attached hydrogens (tertiary/aromatic N) is 1. The lowest BCUT2D eigenvalue weighted by molar-refractivity contribution is -0.130. The zero-order valence-electron chi connectivity index (χ0n) is 19.9. The summed E-state index contributed by atoms with van der Waals surface area (Å²) in [5, 5.41) is 2.60. The first-order valence-corrected chi connectivity index (χ1v) is 12.6. The van der Waals surface area contributed by atoms with E-state index >= 15 is 0 Å². The first-order chi connectivity index (χ1) is 16.7. The maximum absolute atomic E-state index is 13.1. The van der Waals surface area contributed by atoms with Gasteiger partial charge in [0.15, 0.2) is 0 Å². The summed E-state index contributed by atoms with van der Waals surface area (Å²) >= 11 is 0. The molecular formula is C26H29N3O5S. The Morgan fingerprint density at radius 2 is 1.66 bits per heavy atom. The molecule has 2 N–H and O–H groups in total. The average Bonchev–Trinajstić information content (AvgIpc) is 2.86. The molecule has 0 atom stereocenters. The van der Waals surface area contributed by atoms with Gasteiger partial charge in [0.2, 0.25) is 5.91 Å². The Hall–Kier alpha value is -3.85. The maximum Gasteiger partial charge on any atom is 0.262 e. The topological polar surface area (TPSA) is 105 Å². The SMILES string of the molecule is CCN(Cc1ccccc1)C(=O)CNC(=O)c1ccc(C)c(S(=O)(=O)Nc2ccccc2OC)c1. The van der Waals surface area contributed by atoms with E-state index in [0.29, 0.717) is 24.4 Å². The minimum atomic E-state index is -4.00. The summed E-state index contributed by atoms with van der Waals surface area (Å²) in [4.78, 5) is 27.0. The molecule has 2 amide bonds. The number of ether oxygens (including phenoxy) is 1. The molecule has 184 valence electrons. The second-order valence-corrected chi connectivity index (χ2v) is 9.51. The van der Waals surface area contributed by atoms with Crippen molar-refractivity contribution in [2.24, 2.45) is 0 Å². The molecule has 0 aliphatic heterocycles. The quantitative estimate of drug-likeness (QED) is 0.447. The van der Waals surface area contributed by atoms with E-state index < -0.39 is 15.9 Å². The first kappa shape index (κ1) is 25.8. The molecule has 0 saturated carbocycles. The van der Waals surface area contributed by atoms with Crippen molar-refractivity contribution < 1.29 is 22.7 Å². The Balaban J connectivity index is 1.71. The summed E-state index contributed by atoms with van der Waals surface area (Å²) in [6, 6.07) is 20.6. The van der Waals surface area contributed by atoms with Gasteiger partial charge in [-0.25, -0.2) is 8.42 Å². The fourth-order valence-corrected chi connectivity index (χ4v) is 4.85. The maximum atomic E-state index is 13.1. The predicted molar refractivity (Wildman–Crippen MR) is 135 cm³/mol. The van der Waals surface area contributed by atoms with Crippen LogP contribution in [0.1, 0.15) is 28.4 Å². The number of para-hydroxylation sites is 2. The highest BCUT2D eigenvalue weighted by Crippen LogP contribution is 2.27. The van der Waals surface area contributed by atoms with E-state index in [2.05, 4.69) is 10.0 Å². The molecule has 0 aliphatic rings. The number of hydrogen-bond donors (Lipinski definition) is 2. The van der Waals surface area contributed by atoms with Crippen molar-refractivity contribution in [3.05, 3.63) is 89.5 Å². The fraction of sp³-hybridized carbons (Fsp3) is 0.231. The molecule has 3 rings (SSSR count). The number of rotatable bonds is 10. The number of methoxy groups -OCH3 is 1. The van der Waals surface area contributed by atoms with Gasteiger partial charge in [0.05, 0.1) is 24.2 Å². The third-order valence-corrected chi connectivity index (χ3v) is 6.95. The highest BCUT2D eigenvalue weighted by atomic mass is 32.2. The van der Waals surface area contributed by atoms with E-state index in [1.807, 2.05) is 37.3 Å². The van der Waals surface area contributed by atoms with Crippen LogP contribution in [-0.2, 0) is 21.4 Å². The van der Waals surface area contributed by atoms with Gasteiger partial charge in [-0.05, 0) is 49.2 Å². The zero-order chi connectivity index (χ0) is 25.4. The Bertz CT molecular complexity index is 1290. The van der Waals surface area contributed by atoms with Gasteiger partial charge >= 0.3 is 0 Å². The van der Waals surface area contributed by atoms with Gasteiger partial charge < -0.3 is 15.0 Å². The minimum absolute atomic E-state index is 0.0401. The van der Waals surface area contributed by atoms with Crippen LogP contribution in [0.25, 0.3) is 0 Å². The largest absolute Gasteiger partial charge is 0.495 e. The molecule has 0 aliphatic carbocycles. The number of benzene rings is 3. The van der Waals surface area contributed by atoms with Crippen molar-refractivity contribution in [2.45, 2.75) is 25.3 Å². The van der Waals surface area contributed by atoms with Gasteiger partial charge in [0, 0.05) is 18.7 Å². The van der Waals surface area contributed by atoms with Crippen LogP contribution in [0, 0.1) is 6.92 Å². The lowest BCUT2D eigenvalue weighted by atomic mass is 10.1. The van der Waals surface area contributed by atoms with Gasteiger partial charge in [-0.15, -0.1) is 0 Å². The Kier molecular flexibility index (Phi) is 8.48. The smallest absolute Gasteiger partial charge is 0.262 e. The van der Waals surface area contributed by atoms with Gasteiger partial charge in [-0.1, -0.05) is 48.5 Å². The number of amides is 2. The lowest BCUT2D eigenvalue weighted by Crippen LogP contribution is -2.39. The minimum Gasteiger partial charge on any atom is -0.495 e. The fourth-order valence-electron chi connectivity index (χ4n) is 3.51. The van der Waals surface area contributed by atoms with Crippen LogP contribution in [0.3, 0.4) is 0 Å². The number of nitrogens with one attached hydrogen (secondary N) is 2. The second-order valence-electron chi connectivity index (χ2n) is 7.86. The van der Waals surface area contributed by atoms with Crippen LogP contribution < -0.4 is 14.8 Å². The molecule has 0 unspecified atom stereocenters. The Labute approximate surface area is 206 Å². The van der Waals surface area contributed by atoms with Crippen LogP contribution >= 0.6 is 0 Å². The van der Waals surface area contributed by atoms with Crippen LogP contribution in [0.15, 0.2) is 77.7 Å². The molecule has 0 saturated heterocycles. The van der Waals surface area contributed by atoms with Crippen molar-refractivity contribution in [3.63, 3.8) is 0 Å². The Morgan fingerprint density at radius 3 is 2.34 bits per heavy atom. The molecule has 8 nitrogen and oxygen atoms in total. The normalized spacial score (nSPS) is 10.9. The third-order valence-electron chi connectivity index (χ3n) is 5.44. The van der Waals surface area contributed by atoms with E-state index in [0.717, 1.165) is 5.56 Å². The molecule has 3 aromatic rings. The molecule has 35 heavy (non-hydrogen) atoms. The number of likely N-dealkylation sites (N-methyl/N-ethyl adjacent to an activating group) is 1. The van der Waals surface area contributed by atoms with Crippen LogP contribution in [-0.4, -0.2) is 45.3 Å². The lowest BCUT2D eigenvalue weighted by Gasteiger charge is -2.21. The summed E-state index contributed by atoms with van der Waals surface area (Å²) in [7, 11) is -2.55. The van der Waals surface area contributed by atoms with Gasteiger partial charge in [-0.2, -0.15) is 0 Å². The molecule has 0 aromatic heterocycles. The highest BCUT2D eigenvalue weighted by Gasteiger charge is 2.21. The molecule has 0 heterocycles. The van der Waals surface area contributed by atoms with Crippen molar-refractivity contribution in [1.82, 2.24) is 10.2 Å². The van der Waals surface area contributed by atoms with Crippen LogP contribution in [0.4, 0.5) is 5.69 Å². The zero-order valence-corrected chi connectivity index (χ0v) is 20.8. The summed E-state index contributed by atoms with van der Waals surface area (Å²) in [6.45, 7) is 4.24. The third kappa shape index (κ3) is 6.60. The average molecular weight is 496 g/mol. The van der Waals surface area contributed by atoms with E-state index in [9.17, 15) is 18.0 Å². The van der Waals surface area contributed by atoms with Crippen LogP contribution in [0.5, 0.6) is 5.75 Å². The van der Waals surface area contributed by atoms with E-state index in [4.69, 9.17) is 4.74 Å². The van der Waals surface area contributed by atoms with Crippen LogP contribution in [0.2, 0.25) is 0 Å². The molecule has 0 radical (unpaired) electrons. The number of aryl methyl sites for hydroxylation is 1. The summed E-state index contributed by atoms with van der Waals surface area (Å²) in [6.07, 6.45) is 0. The van der Waals surface area contributed by atoms with Crippen molar-refractivity contribution in [3.8, 4) is 5.75 Å². The first-order valence-electron chi connectivity index (χ1n) is 11.1. The summed E-state index contributed by atoms with van der Waals surface area (Å²) in [5.74, 6) is -0.400. The summed E-state index contributed by atoms with van der Waals surface area (Å²) in [5.41, 5.74) is 1.88. The van der Waals surface area contributed by atoms with Crippen molar-refractivity contribution in [1.29, 1.82) is 0 Å². The molecule has 3 aromatic carbocycles. The molecule has 0 fully saturated rings. The summed E-state index contributed by atoms with van der Waals surface area (Å²) < 4.78 is 33.9. The number of anilines is 1. The van der Waals surface area contributed by atoms with Gasteiger partial charge in [0.25, 0.3) is 15.9 Å². The molecular weight excluding hydrogens is 466 g/mol. The molecule has 0 spiro atoms. The molecule has 0 bridgehead atoms. The highest BCUT2D eigenvalue weighted by molar-refractivity contribution is 7.92. The predicted octanol–water partition coefficient (Wildman–Crippen LogP) is 3.58. The Morgan fingerprint density at radius 1 is 0.971 bits per heavy atom. The van der Waals surface area contributed by atoms with E-state index in [1.54, 1.807) is 42.2 Å². The number of carbonyl (C=O) groups excluding carboxylic acids is 2. The monoisotopic (exact) mass is 495 g/mol. The van der Waals surface area contributed by atoms with E-state index in [1.165, 1.54) is 19.2 Å². The molecule has 9 heteroatoms. The standard InChI is InChI=1S/C26H29N3O5S/c1-4-29(18-20-10-6-5-7-11-20)25(30)17-27-26(31)21-15-14-19(2)24(16-21)35(32,33)28-22-12-8-9-13-23(22)34-3/h5-16,28H,4,17-18H2,1-3H3,(H,27,31). The number of hydrogen-bond acceptors (Lipinski definition) is 5. The number of carbonyl (C=O) groups is 2. The van der Waals surface area contributed by atoms with E-state index in [-0.39, 0.29) is 28.6 Å². The number of sulfonamides is 1.